The number of aryl methyl sites for hydroxylation is 1. The van der Waals surface area contributed by atoms with E-state index in [0.29, 0.717) is 0 Å². The van der Waals surface area contributed by atoms with E-state index >= 15 is 0 Å². The van der Waals surface area contributed by atoms with Gasteiger partial charge in [-0.2, -0.15) is 11.8 Å². The zero-order valence-corrected chi connectivity index (χ0v) is 10.0. The van der Waals surface area contributed by atoms with Crippen LogP contribution in [0.25, 0.3) is 0 Å². The van der Waals surface area contributed by atoms with Gasteiger partial charge < -0.3 is 5.73 Å². The Morgan fingerprint density at radius 3 is 2.50 bits per heavy atom. The van der Waals surface area contributed by atoms with E-state index in [-0.39, 0.29) is 5.54 Å². The van der Waals surface area contributed by atoms with Crippen molar-refractivity contribution < 1.29 is 0 Å². The first kappa shape index (κ1) is 11.6. The van der Waals surface area contributed by atoms with Gasteiger partial charge in [-0.25, -0.2) is 0 Å². The Morgan fingerprint density at radius 2 is 1.93 bits per heavy atom. The topological polar surface area (TPSA) is 26.0 Å². The van der Waals surface area contributed by atoms with Crippen molar-refractivity contribution in [2.45, 2.75) is 32.1 Å². The fourth-order valence-electron chi connectivity index (χ4n) is 1.20. The minimum absolute atomic E-state index is 0.0622. The van der Waals surface area contributed by atoms with Crippen molar-refractivity contribution in [2.24, 2.45) is 5.73 Å². The highest BCUT2D eigenvalue weighted by Gasteiger charge is 2.10. The fourth-order valence-corrected chi connectivity index (χ4v) is 2.37. The van der Waals surface area contributed by atoms with E-state index in [0.717, 1.165) is 11.5 Å². The van der Waals surface area contributed by atoms with E-state index in [1.807, 2.05) is 11.8 Å². The molecule has 1 nitrogen and oxygen atoms in total. The largest absolute Gasteiger partial charge is 0.325 e. The molecular weight excluding hydrogens is 190 g/mol. The van der Waals surface area contributed by atoms with Crippen LogP contribution in [0.2, 0.25) is 0 Å². The van der Waals surface area contributed by atoms with E-state index in [1.54, 1.807) is 0 Å². The van der Waals surface area contributed by atoms with Gasteiger partial charge >= 0.3 is 0 Å². The second-order valence-corrected chi connectivity index (χ2v) is 5.39. The van der Waals surface area contributed by atoms with Crippen molar-refractivity contribution in [3.63, 3.8) is 0 Å². The molecule has 0 aromatic heterocycles. The van der Waals surface area contributed by atoms with Crippen molar-refractivity contribution in [1.82, 2.24) is 0 Å². The van der Waals surface area contributed by atoms with Crippen LogP contribution in [-0.4, -0.2) is 11.3 Å². The van der Waals surface area contributed by atoms with Gasteiger partial charge in [0.2, 0.25) is 0 Å². The molecule has 78 valence electrons. The van der Waals surface area contributed by atoms with Crippen LogP contribution >= 0.6 is 11.8 Å². The van der Waals surface area contributed by atoms with Crippen molar-refractivity contribution in [2.75, 3.05) is 5.75 Å². The molecule has 2 heteroatoms. The normalized spacial score (nSPS) is 11.7. The van der Waals surface area contributed by atoms with Crippen molar-refractivity contribution in [3.8, 4) is 0 Å². The molecular formula is C12H19NS. The number of thioether (sulfide) groups is 1. The molecule has 0 radical (unpaired) electrons. The van der Waals surface area contributed by atoms with Gasteiger partial charge in [-0.05, 0) is 31.9 Å². The summed E-state index contributed by atoms with van der Waals surface area (Å²) in [5, 5.41) is 0. The van der Waals surface area contributed by atoms with Crippen LogP contribution in [0.5, 0.6) is 0 Å². The average Bonchev–Trinajstić information content (AvgIpc) is 2.06. The molecule has 0 spiro atoms. The molecule has 0 fully saturated rings. The maximum atomic E-state index is 5.92. The van der Waals surface area contributed by atoms with Gasteiger partial charge in [0, 0.05) is 17.0 Å². The summed E-state index contributed by atoms with van der Waals surface area (Å²) in [6.45, 7) is 6.29. The monoisotopic (exact) mass is 209 g/mol. The SMILES string of the molecule is Cc1ccccc1CSCC(C)(C)N. The first-order chi connectivity index (χ1) is 6.49. The Kier molecular flexibility index (Phi) is 4.02. The first-order valence-corrected chi connectivity index (χ1v) is 6.06. The van der Waals surface area contributed by atoms with Gasteiger partial charge in [-0.15, -0.1) is 0 Å². The molecule has 0 saturated heterocycles. The van der Waals surface area contributed by atoms with Crippen molar-refractivity contribution in [1.29, 1.82) is 0 Å². The second kappa shape index (κ2) is 4.85. The first-order valence-electron chi connectivity index (χ1n) is 4.90. The van der Waals surface area contributed by atoms with Crippen LogP contribution in [0.1, 0.15) is 25.0 Å². The number of benzene rings is 1. The molecule has 14 heavy (non-hydrogen) atoms. The number of hydrogen-bond acceptors (Lipinski definition) is 2. The lowest BCUT2D eigenvalue weighted by Crippen LogP contribution is -2.34. The fraction of sp³-hybridized carbons (Fsp3) is 0.500. The lowest BCUT2D eigenvalue weighted by atomic mass is 10.1. The van der Waals surface area contributed by atoms with Crippen LogP contribution in [0.4, 0.5) is 0 Å². The Labute approximate surface area is 91.1 Å². The predicted molar refractivity (Wildman–Crippen MR) is 65.6 cm³/mol. The summed E-state index contributed by atoms with van der Waals surface area (Å²) < 4.78 is 0. The molecule has 1 aromatic carbocycles. The number of hydrogen-bond donors (Lipinski definition) is 1. The van der Waals surface area contributed by atoms with Gasteiger partial charge in [0.05, 0.1) is 0 Å². The Balaban J connectivity index is 2.43. The summed E-state index contributed by atoms with van der Waals surface area (Å²) in [5.74, 6) is 2.06. The predicted octanol–water partition coefficient (Wildman–Crippen LogP) is 2.97. The highest BCUT2D eigenvalue weighted by Crippen LogP contribution is 2.18. The maximum absolute atomic E-state index is 5.92. The lowest BCUT2D eigenvalue weighted by Gasteiger charge is -2.17. The molecule has 2 N–H and O–H groups in total. The van der Waals surface area contributed by atoms with Gasteiger partial charge in [0.25, 0.3) is 0 Å². The molecule has 0 heterocycles. The Morgan fingerprint density at radius 1 is 1.29 bits per heavy atom. The highest BCUT2D eigenvalue weighted by atomic mass is 32.2. The zero-order chi connectivity index (χ0) is 10.6. The third-order valence-corrected chi connectivity index (χ3v) is 3.46. The van der Waals surface area contributed by atoms with Crippen LogP contribution < -0.4 is 5.73 Å². The zero-order valence-electron chi connectivity index (χ0n) is 9.21. The number of nitrogens with two attached hydrogens (primary N) is 1. The highest BCUT2D eigenvalue weighted by molar-refractivity contribution is 7.98. The van der Waals surface area contributed by atoms with E-state index in [9.17, 15) is 0 Å². The quantitative estimate of drug-likeness (QED) is 0.825. The standard InChI is InChI=1S/C12H19NS/c1-10-6-4-5-7-11(10)8-14-9-12(2,3)13/h4-7H,8-9,13H2,1-3H3. The van der Waals surface area contributed by atoms with Gasteiger partial charge in [-0.3, -0.25) is 0 Å². The van der Waals surface area contributed by atoms with E-state index < -0.39 is 0 Å². The molecule has 1 aromatic rings. The minimum Gasteiger partial charge on any atom is -0.325 e. The Bertz CT molecular complexity index is 289. The van der Waals surface area contributed by atoms with Crippen molar-refractivity contribution in [3.05, 3.63) is 35.4 Å². The molecule has 0 aliphatic rings. The summed E-state index contributed by atoms with van der Waals surface area (Å²) in [6, 6.07) is 8.52. The molecule has 0 aliphatic heterocycles. The maximum Gasteiger partial charge on any atom is 0.0188 e. The van der Waals surface area contributed by atoms with Gasteiger partial charge in [0.15, 0.2) is 0 Å². The molecule has 1 rings (SSSR count). The third-order valence-electron chi connectivity index (χ3n) is 1.99. The molecule has 0 saturated carbocycles. The smallest absolute Gasteiger partial charge is 0.0188 e. The van der Waals surface area contributed by atoms with Crippen molar-refractivity contribution >= 4 is 11.8 Å². The summed E-state index contributed by atoms with van der Waals surface area (Å²) in [4.78, 5) is 0. The lowest BCUT2D eigenvalue weighted by molar-refractivity contribution is 0.591. The molecule has 0 aliphatic carbocycles. The van der Waals surface area contributed by atoms with Crippen LogP contribution in [0, 0.1) is 6.92 Å². The second-order valence-electron chi connectivity index (χ2n) is 4.41. The average molecular weight is 209 g/mol. The molecule has 0 amide bonds. The summed E-state index contributed by atoms with van der Waals surface area (Å²) in [5.41, 5.74) is 8.64. The number of rotatable bonds is 4. The van der Waals surface area contributed by atoms with E-state index in [1.165, 1.54) is 11.1 Å². The van der Waals surface area contributed by atoms with Gasteiger partial charge in [-0.1, -0.05) is 24.3 Å². The van der Waals surface area contributed by atoms with E-state index in [4.69, 9.17) is 5.73 Å². The van der Waals surface area contributed by atoms with Crippen LogP contribution in [0.3, 0.4) is 0 Å². The summed E-state index contributed by atoms with van der Waals surface area (Å²) >= 11 is 1.90. The molecule has 0 atom stereocenters. The van der Waals surface area contributed by atoms with Gasteiger partial charge in [0.1, 0.15) is 0 Å². The summed E-state index contributed by atoms with van der Waals surface area (Å²) in [7, 11) is 0. The molecule has 0 bridgehead atoms. The minimum atomic E-state index is -0.0622. The molecule has 0 unspecified atom stereocenters. The van der Waals surface area contributed by atoms with Crippen LogP contribution in [0.15, 0.2) is 24.3 Å². The summed E-state index contributed by atoms with van der Waals surface area (Å²) in [6.07, 6.45) is 0. The Hall–Kier alpha value is -0.470. The van der Waals surface area contributed by atoms with E-state index in [2.05, 4.69) is 45.0 Å². The third kappa shape index (κ3) is 4.16. The van der Waals surface area contributed by atoms with Crippen LogP contribution in [-0.2, 0) is 5.75 Å².